The molecule has 3 heteroatoms. The van der Waals surface area contributed by atoms with Crippen LogP contribution in [-0.4, -0.2) is 37.2 Å². The van der Waals surface area contributed by atoms with Gasteiger partial charge in [-0.05, 0) is 24.6 Å². The van der Waals surface area contributed by atoms with Crippen molar-refractivity contribution >= 4 is 0 Å². The lowest BCUT2D eigenvalue weighted by atomic mass is 10.1. The van der Waals surface area contributed by atoms with Gasteiger partial charge in [-0.1, -0.05) is 31.2 Å². The van der Waals surface area contributed by atoms with Gasteiger partial charge in [-0.3, -0.25) is 4.90 Å². The molecular formula is C15H24N2O. The Morgan fingerprint density at radius 2 is 2.00 bits per heavy atom. The van der Waals surface area contributed by atoms with Gasteiger partial charge in [0.1, 0.15) is 0 Å². The third-order valence-corrected chi connectivity index (χ3v) is 3.33. The molecule has 3 nitrogen and oxygen atoms in total. The lowest BCUT2D eigenvalue weighted by molar-refractivity contribution is -0.0212. The average Bonchev–Trinajstić information content (AvgIpc) is 2.38. The molecule has 1 unspecified atom stereocenters. The van der Waals surface area contributed by atoms with Gasteiger partial charge >= 0.3 is 0 Å². The Morgan fingerprint density at radius 1 is 1.28 bits per heavy atom. The number of benzene rings is 1. The van der Waals surface area contributed by atoms with Gasteiger partial charge in [-0.2, -0.15) is 0 Å². The zero-order chi connectivity index (χ0) is 12.8. The van der Waals surface area contributed by atoms with Crippen molar-refractivity contribution in [2.24, 2.45) is 0 Å². The molecule has 0 amide bonds. The molecule has 0 spiro atoms. The van der Waals surface area contributed by atoms with E-state index in [0.29, 0.717) is 6.10 Å². The molecule has 1 aliphatic rings. The van der Waals surface area contributed by atoms with E-state index in [1.54, 1.807) is 0 Å². The summed E-state index contributed by atoms with van der Waals surface area (Å²) >= 11 is 0. The van der Waals surface area contributed by atoms with Crippen molar-refractivity contribution < 1.29 is 4.74 Å². The van der Waals surface area contributed by atoms with Crippen molar-refractivity contribution in [3.05, 3.63) is 35.4 Å². The molecule has 0 radical (unpaired) electrons. The zero-order valence-electron chi connectivity index (χ0n) is 11.5. The van der Waals surface area contributed by atoms with Crippen molar-refractivity contribution in [1.29, 1.82) is 0 Å². The third kappa shape index (κ3) is 4.09. The predicted molar refractivity (Wildman–Crippen MR) is 74.5 cm³/mol. The number of nitrogens with zero attached hydrogens (tertiary/aromatic N) is 1. The van der Waals surface area contributed by atoms with E-state index in [4.69, 9.17) is 4.74 Å². The van der Waals surface area contributed by atoms with Crippen LogP contribution in [0.5, 0.6) is 0 Å². The number of hydrogen-bond donors (Lipinski definition) is 1. The smallest absolute Gasteiger partial charge is 0.0674 e. The van der Waals surface area contributed by atoms with E-state index in [9.17, 15) is 0 Å². The van der Waals surface area contributed by atoms with Gasteiger partial charge in [0, 0.05) is 26.2 Å². The van der Waals surface area contributed by atoms with Gasteiger partial charge in [0.05, 0.1) is 12.7 Å². The summed E-state index contributed by atoms with van der Waals surface area (Å²) in [5, 5.41) is 3.34. The van der Waals surface area contributed by atoms with Crippen LogP contribution in [0, 0.1) is 0 Å². The monoisotopic (exact) mass is 248 g/mol. The van der Waals surface area contributed by atoms with Gasteiger partial charge < -0.3 is 10.1 Å². The molecule has 0 bridgehead atoms. The molecule has 1 aliphatic heterocycles. The number of hydrogen-bond acceptors (Lipinski definition) is 3. The lowest BCUT2D eigenvalue weighted by Gasteiger charge is -2.31. The van der Waals surface area contributed by atoms with E-state index in [1.807, 2.05) is 0 Å². The average molecular weight is 248 g/mol. The molecule has 1 aromatic carbocycles. The molecule has 0 aliphatic carbocycles. The molecule has 1 fully saturated rings. The second-order valence-electron chi connectivity index (χ2n) is 5.01. The highest BCUT2D eigenvalue weighted by Crippen LogP contribution is 2.11. The Morgan fingerprint density at radius 3 is 2.67 bits per heavy atom. The van der Waals surface area contributed by atoms with Crippen LogP contribution >= 0.6 is 0 Å². The van der Waals surface area contributed by atoms with E-state index in [2.05, 4.69) is 48.3 Å². The highest BCUT2D eigenvalue weighted by Gasteiger charge is 2.16. The maximum absolute atomic E-state index is 5.56. The first-order chi connectivity index (χ1) is 8.78. The van der Waals surface area contributed by atoms with Crippen LogP contribution in [-0.2, 0) is 17.8 Å². The number of rotatable bonds is 5. The van der Waals surface area contributed by atoms with Crippen LogP contribution in [0.4, 0.5) is 0 Å². The van der Waals surface area contributed by atoms with E-state index >= 15 is 0 Å². The Kier molecular flexibility index (Phi) is 5.17. The topological polar surface area (TPSA) is 24.5 Å². The Bertz CT molecular complexity index is 350. The SMILES string of the molecule is CCNCc1ccc(CN2CCOC(C)C2)cc1. The lowest BCUT2D eigenvalue weighted by Crippen LogP contribution is -2.40. The summed E-state index contributed by atoms with van der Waals surface area (Å²) in [5.74, 6) is 0. The van der Waals surface area contributed by atoms with Gasteiger partial charge in [-0.15, -0.1) is 0 Å². The Hall–Kier alpha value is -0.900. The number of nitrogens with one attached hydrogen (secondary N) is 1. The second-order valence-corrected chi connectivity index (χ2v) is 5.01. The number of ether oxygens (including phenoxy) is 1. The minimum atomic E-state index is 0.367. The van der Waals surface area contributed by atoms with Crippen LogP contribution < -0.4 is 5.32 Å². The summed E-state index contributed by atoms with van der Waals surface area (Å²) in [7, 11) is 0. The molecule has 1 heterocycles. The molecule has 18 heavy (non-hydrogen) atoms. The van der Waals surface area contributed by atoms with E-state index < -0.39 is 0 Å². The van der Waals surface area contributed by atoms with E-state index in [1.165, 1.54) is 11.1 Å². The molecule has 100 valence electrons. The van der Waals surface area contributed by atoms with Crippen LogP contribution in [0.15, 0.2) is 24.3 Å². The minimum Gasteiger partial charge on any atom is -0.376 e. The highest BCUT2D eigenvalue weighted by molar-refractivity contribution is 5.22. The predicted octanol–water partition coefficient (Wildman–Crippen LogP) is 2.02. The molecule has 1 N–H and O–H groups in total. The van der Waals surface area contributed by atoms with Crippen molar-refractivity contribution in [3.8, 4) is 0 Å². The second kappa shape index (κ2) is 6.88. The summed E-state index contributed by atoms with van der Waals surface area (Å²) in [6.45, 7) is 10.2. The first-order valence-electron chi connectivity index (χ1n) is 6.90. The quantitative estimate of drug-likeness (QED) is 0.863. The van der Waals surface area contributed by atoms with Gasteiger partial charge in [-0.25, -0.2) is 0 Å². The fraction of sp³-hybridized carbons (Fsp3) is 0.600. The van der Waals surface area contributed by atoms with Crippen LogP contribution in [0.25, 0.3) is 0 Å². The Balaban J connectivity index is 1.85. The fourth-order valence-electron chi connectivity index (χ4n) is 2.32. The zero-order valence-corrected chi connectivity index (χ0v) is 11.5. The van der Waals surface area contributed by atoms with Crippen molar-refractivity contribution in [3.63, 3.8) is 0 Å². The normalized spacial score (nSPS) is 21.1. The van der Waals surface area contributed by atoms with E-state index in [0.717, 1.165) is 39.3 Å². The van der Waals surface area contributed by atoms with Gasteiger partial charge in [0.2, 0.25) is 0 Å². The standard InChI is InChI=1S/C15H24N2O/c1-3-16-10-14-4-6-15(7-5-14)12-17-8-9-18-13(2)11-17/h4-7,13,16H,3,8-12H2,1-2H3. The first kappa shape index (κ1) is 13.5. The van der Waals surface area contributed by atoms with Crippen molar-refractivity contribution in [2.75, 3.05) is 26.2 Å². The largest absolute Gasteiger partial charge is 0.376 e. The summed E-state index contributed by atoms with van der Waals surface area (Å²) in [6.07, 6.45) is 0.367. The van der Waals surface area contributed by atoms with Crippen LogP contribution in [0.2, 0.25) is 0 Å². The minimum absolute atomic E-state index is 0.367. The molecule has 0 aromatic heterocycles. The van der Waals surface area contributed by atoms with Crippen LogP contribution in [0.1, 0.15) is 25.0 Å². The molecule has 1 atom stereocenters. The fourth-order valence-corrected chi connectivity index (χ4v) is 2.32. The summed E-state index contributed by atoms with van der Waals surface area (Å²) in [5.41, 5.74) is 2.75. The van der Waals surface area contributed by atoms with Gasteiger partial charge in [0.25, 0.3) is 0 Å². The maximum Gasteiger partial charge on any atom is 0.0674 e. The highest BCUT2D eigenvalue weighted by atomic mass is 16.5. The molecule has 1 aromatic rings. The van der Waals surface area contributed by atoms with Crippen molar-refractivity contribution in [1.82, 2.24) is 10.2 Å². The van der Waals surface area contributed by atoms with Gasteiger partial charge in [0.15, 0.2) is 0 Å². The van der Waals surface area contributed by atoms with Crippen molar-refractivity contribution in [2.45, 2.75) is 33.0 Å². The summed E-state index contributed by atoms with van der Waals surface area (Å²) in [4.78, 5) is 2.47. The molecule has 2 rings (SSSR count). The maximum atomic E-state index is 5.56. The first-order valence-corrected chi connectivity index (χ1v) is 6.90. The number of morpholine rings is 1. The molecule has 1 saturated heterocycles. The summed E-state index contributed by atoms with van der Waals surface area (Å²) < 4.78 is 5.56. The Labute approximate surface area is 110 Å². The third-order valence-electron chi connectivity index (χ3n) is 3.33. The van der Waals surface area contributed by atoms with E-state index in [-0.39, 0.29) is 0 Å². The summed E-state index contributed by atoms with van der Waals surface area (Å²) in [6, 6.07) is 8.93. The van der Waals surface area contributed by atoms with Crippen LogP contribution in [0.3, 0.4) is 0 Å². The molecule has 0 saturated carbocycles. The molecular weight excluding hydrogens is 224 g/mol.